The minimum Gasteiger partial charge on any atom is -0.480 e. The topological polar surface area (TPSA) is 60.9 Å². The van der Waals surface area contributed by atoms with Crippen LogP contribution in [0.3, 0.4) is 0 Å². The van der Waals surface area contributed by atoms with E-state index in [-0.39, 0.29) is 6.03 Å². The number of carbonyl (C=O) groups excluding carboxylic acids is 1. The lowest BCUT2D eigenvalue weighted by Gasteiger charge is -2.35. The van der Waals surface area contributed by atoms with E-state index in [1.165, 1.54) is 4.90 Å². The third-order valence-corrected chi connectivity index (χ3v) is 4.38. The normalized spacial score (nSPS) is 29.5. The van der Waals surface area contributed by atoms with E-state index in [2.05, 4.69) is 6.92 Å². The SMILES string of the molecule is CC1CCN(C(=O)N2CCSCC2C(=O)O)C1. The van der Waals surface area contributed by atoms with Crippen molar-refractivity contribution >= 4 is 23.8 Å². The van der Waals surface area contributed by atoms with Crippen LogP contribution in [0.2, 0.25) is 0 Å². The van der Waals surface area contributed by atoms with Gasteiger partial charge < -0.3 is 14.9 Å². The van der Waals surface area contributed by atoms with Crippen LogP contribution in [0.4, 0.5) is 4.79 Å². The van der Waals surface area contributed by atoms with Crippen LogP contribution in [0.25, 0.3) is 0 Å². The molecule has 0 aromatic heterocycles. The van der Waals surface area contributed by atoms with Crippen molar-refractivity contribution in [3.8, 4) is 0 Å². The zero-order valence-electron chi connectivity index (χ0n) is 9.96. The van der Waals surface area contributed by atoms with Crippen molar-refractivity contribution in [2.75, 3.05) is 31.1 Å². The van der Waals surface area contributed by atoms with Gasteiger partial charge in [0.25, 0.3) is 0 Å². The zero-order chi connectivity index (χ0) is 12.4. The maximum absolute atomic E-state index is 12.2. The molecule has 1 N–H and O–H groups in total. The lowest BCUT2D eigenvalue weighted by Crippen LogP contribution is -2.54. The Labute approximate surface area is 105 Å². The molecule has 0 aromatic rings. The predicted octanol–water partition coefficient (Wildman–Crippen LogP) is 0.950. The Hall–Kier alpha value is -0.910. The van der Waals surface area contributed by atoms with E-state index in [1.807, 2.05) is 0 Å². The summed E-state index contributed by atoms with van der Waals surface area (Å²) < 4.78 is 0. The fourth-order valence-electron chi connectivity index (χ4n) is 2.33. The van der Waals surface area contributed by atoms with Gasteiger partial charge in [0, 0.05) is 31.1 Å². The Kier molecular flexibility index (Phi) is 3.81. The van der Waals surface area contributed by atoms with Gasteiger partial charge in [0.1, 0.15) is 6.04 Å². The van der Waals surface area contributed by atoms with Crippen molar-refractivity contribution in [2.45, 2.75) is 19.4 Å². The molecular formula is C11H18N2O3S. The maximum atomic E-state index is 12.2. The standard InChI is InChI=1S/C11H18N2O3S/c1-8-2-3-12(6-8)11(16)13-4-5-17-7-9(13)10(14)15/h8-9H,2-7H2,1H3,(H,14,15). The summed E-state index contributed by atoms with van der Waals surface area (Å²) in [4.78, 5) is 26.7. The molecule has 0 aromatic carbocycles. The molecule has 2 aliphatic rings. The first-order chi connectivity index (χ1) is 8.09. The minimum atomic E-state index is -0.891. The molecule has 0 bridgehead atoms. The summed E-state index contributed by atoms with van der Waals surface area (Å²) in [6.45, 7) is 4.18. The van der Waals surface area contributed by atoms with Crippen molar-refractivity contribution < 1.29 is 14.7 Å². The summed E-state index contributed by atoms with van der Waals surface area (Å²) in [5.74, 6) is 0.975. The highest BCUT2D eigenvalue weighted by atomic mass is 32.2. The fraction of sp³-hybridized carbons (Fsp3) is 0.818. The van der Waals surface area contributed by atoms with E-state index in [0.29, 0.717) is 18.2 Å². The molecule has 6 heteroatoms. The second-order valence-electron chi connectivity index (χ2n) is 4.74. The molecule has 96 valence electrons. The van der Waals surface area contributed by atoms with Gasteiger partial charge in [-0.05, 0) is 12.3 Å². The highest BCUT2D eigenvalue weighted by Crippen LogP contribution is 2.22. The zero-order valence-corrected chi connectivity index (χ0v) is 10.8. The predicted molar refractivity (Wildman–Crippen MR) is 66.2 cm³/mol. The first-order valence-corrected chi connectivity index (χ1v) is 7.11. The first-order valence-electron chi connectivity index (χ1n) is 5.95. The Morgan fingerprint density at radius 2 is 2.12 bits per heavy atom. The summed E-state index contributed by atoms with van der Waals surface area (Å²) in [7, 11) is 0. The summed E-state index contributed by atoms with van der Waals surface area (Å²) in [5, 5.41) is 9.13. The number of carboxylic acids is 1. The number of hydrogen-bond acceptors (Lipinski definition) is 3. The summed E-state index contributed by atoms with van der Waals surface area (Å²) in [6, 6.07) is -0.751. The van der Waals surface area contributed by atoms with Crippen LogP contribution in [-0.2, 0) is 4.79 Å². The molecular weight excluding hydrogens is 240 g/mol. The molecule has 0 radical (unpaired) electrons. The van der Waals surface area contributed by atoms with Crippen molar-refractivity contribution in [3.05, 3.63) is 0 Å². The molecule has 2 aliphatic heterocycles. The smallest absolute Gasteiger partial charge is 0.327 e. The third-order valence-electron chi connectivity index (χ3n) is 3.35. The van der Waals surface area contributed by atoms with Crippen LogP contribution in [0.1, 0.15) is 13.3 Å². The fourth-order valence-corrected chi connectivity index (χ4v) is 3.37. The van der Waals surface area contributed by atoms with Crippen LogP contribution in [0.15, 0.2) is 0 Å². The largest absolute Gasteiger partial charge is 0.480 e. The number of carboxylic acid groups (broad SMARTS) is 1. The van der Waals surface area contributed by atoms with Crippen molar-refractivity contribution in [1.82, 2.24) is 9.80 Å². The van der Waals surface area contributed by atoms with Gasteiger partial charge in [0.15, 0.2) is 0 Å². The molecule has 2 rings (SSSR count). The first kappa shape index (κ1) is 12.5. The monoisotopic (exact) mass is 258 g/mol. The van der Waals surface area contributed by atoms with Gasteiger partial charge in [0.2, 0.25) is 0 Å². The lowest BCUT2D eigenvalue weighted by atomic mass is 10.2. The van der Waals surface area contributed by atoms with Crippen LogP contribution in [0.5, 0.6) is 0 Å². The number of rotatable bonds is 1. The molecule has 2 atom stereocenters. The molecule has 5 nitrogen and oxygen atoms in total. The molecule has 2 unspecified atom stereocenters. The number of aliphatic carboxylic acids is 1. The Morgan fingerprint density at radius 1 is 1.35 bits per heavy atom. The van der Waals surface area contributed by atoms with Gasteiger partial charge in [-0.25, -0.2) is 9.59 Å². The molecule has 0 saturated carbocycles. The molecule has 2 heterocycles. The Morgan fingerprint density at radius 3 is 2.71 bits per heavy atom. The quantitative estimate of drug-likeness (QED) is 0.760. The number of amides is 2. The molecule has 2 fully saturated rings. The van der Waals surface area contributed by atoms with Gasteiger partial charge in [-0.1, -0.05) is 6.92 Å². The molecule has 17 heavy (non-hydrogen) atoms. The van der Waals surface area contributed by atoms with Crippen LogP contribution in [-0.4, -0.2) is 64.1 Å². The van der Waals surface area contributed by atoms with Crippen LogP contribution < -0.4 is 0 Å². The highest BCUT2D eigenvalue weighted by Gasteiger charge is 2.36. The van der Waals surface area contributed by atoms with E-state index >= 15 is 0 Å². The van der Waals surface area contributed by atoms with Crippen LogP contribution >= 0.6 is 11.8 Å². The summed E-state index contributed by atoms with van der Waals surface area (Å²) in [5.41, 5.74) is 0. The number of nitrogens with zero attached hydrogens (tertiary/aromatic N) is 2. The Bertz CT molecular complexity index is 324. The molecule has 2 saturated heterocycles. The summed E-state index contributed by atoms with van der Waals surface area (Å²) in [6.07, 6.45) is 1.02. The average molecular weight is 258 g/mol. The van der Waals surface area contributed by atoms with Crippen LogP contribution in [0, 0.1) is 5.92 Å². The van der Waals surface area contributed by atoms with Gasteiger partial charge in [-0.2, -0.15) is 11.8 Å². The van der Waals surface area contributed by atoms with Gasteiger partial charge in [-0.15, -0.1) is 0 Å². The second-order valence-corrected chi connectivity index (χ2v) is 5.89. The number of likely N-dealkylation sites (tertiary alicyclic amines) is 1. The second kappa shape index (κ2) is 5.16. The van der Waals surface area contributed by atoms with E-state index in [4.69, 9.17) is 5.11 Å². The van der Waals surface area contributed by atoms with Gasteiger partial charge in [-0.3, -0.25) is 0 Å². The van der Waals surface area contributed by atoms with E-state index in [1.54, 1.807) is 16.7 Å². The molecule has 0 spiro atoms. The minimum absolute atomic E-state index is 0.0953. The highest BCUT2D eigenvalue weighted by molar-refractivity contribution is 7.99. The third kappa shape index (κ3) is 2.68. The number of carbonyl (C=O) groups is 2. The summed E-state index contributed by atoms with van der Waals surface area (Å²) >= 11 is 1.60. The van der Waals surface area contributed by atoms with E-state index < -0.39 is 12.0 Å². The van der Waals surface area contributed by atoms with E-state index in [0.717, 1.165) is 25.3 Å². The van der Waals surface area contributed by atoms with Gasteiger partial charge >= 0.3 is 12.0 Å². The van der Waals surface area contributed by atoms with Crippen molar-refractivity contribution in [3.63, 3.8) is 0 Å². The maximum Gasteiger partial charge on any atom is 0.327 e. The average Bonchev–Trinajstić information content (AvgIpc) is 2.75. The molecule has 2 amide bonds. The lowest BCUT2D eigenvalue weighted by molar-refractivity contribution is -0.141. The van der Waals surface area contributed by atoms with E-state index in [9.17, 15) is 9.59 Å². The number of urea groups is 1. The van der Waals surface area contributed by atoms with Crippen molar-refractivity contribution in [1.29, 1.82) is 0 Å². The Balaban J connectivity index is 2.03. The molecule has 0 aliphatic carbocycles. The number of thioether (sulfide) groups is 1. The van der Waals surface area contributed by atoms with Gasteiger partial charge in [0.05, 0.1) is 0 Å². The number of hydrogen-bond donors (Lipinski definition) is 1. The van der Waals surface area contributed by atoms with Crippen molar-refractivity contribution in [2.24, 2.45) is 5.92 Å².